The third-order valence-electron chi connectivity index (χ3n) is 2.83. The highest BCUT2D eigenvalue weighted by Crippen LogP contribution is 2.38. The molecule has 0 N–H and O–H groups in total. The number of carbonyl (C=O) groups is 1. The lowest BCUT2D eigenvalue weighted by Crippen LogP contribution is -2.21. The molecule has 0 aliphatic heterocycles. The number of anilines is 1. The van der Waals surface area contributed by atoms with Gasteiger partial charge < -0.3 is 4.90 Å². The predicted molar refractivity (Wildman–Crippen MR) is 82.0 cm³/mol. The normalized spacial score (nSPS) is 10.5. The molecular formula is C13H14N2O3S2. The largest absolute Gasteiger partial charge is 0.353 e. The van der Waals surface area contributed by atoms with E-state index in [1.54, 1.807) is 11.3 Å². The molecule has 20 heavy (non-hydrogen) atoms. The van der Waals surface area contributed by atoms with Gasteiger partial charge >= 0.3 is 5.69 Å². The molecule has 0 unspecified atom stereocenters. The van der Waals surface area contributed by atoms with E-state index in [-0.39, 0.29) is 11.5 Å². The highest BCUT2D eigenvalue weighted by atomic mass is 32.1. The fraction of sp³-hybridized carbons (Fsp3) is 0.308. The maximum absolute atomic E-state index is 11.4. The molecule has 0 saturated carbocycles. The zero-order chi connectivity index (χ0) is 14.7. The van der Waals surface area contributed by atoms with E-state index in [9.17, 15) is 14.9 Å². The van der Waals surface area contributed by atoms with Crippen molar-refractivity contribution >= 4 is 39.1 Å². The van der Waals surface area contributed by atoms with E-state index in [1.165, 1.54) is 24.3 Å². The first-order valence-corrected chi connectivity index (χ1v) is 7.79. The Hall–Kier alpha value is -1.73. The zero-order valence-electron chi connectivity index (χ0n) is 11.2. The molecule has 0 aliphatic rings. The topological polar surface area (TPSA) is 63.5 Å². The highest BCUT2D eigenvalue weighted by molar-refractivity contribution is 7.18. The zero-order valence-corrected chi connectivity index (χ0v) is 12.8. The molecule has 2 heterocycles. The molecule has 2 rings (SSSR count). The molecule has 0 amide bonds. The molecule has 2 aromatic rings. The van der Waals surface area contributed by atoms with Crippen LogP contribution < -0.4 is 4.90 Å². The van der Waals surface area contributed by atoms with Gasteiger partial charge in [-0.15, -0.1) is 22.7 Å². The Balaban J connectivity index is 2.37. The van der Waals surface area contributed by atoms with Gasteiger partial charge in [-0.1, -0.05) is 6.07 Å². The van der Waals surface area contributed by atoms with Crippen molar-refractivity contribution in [1.82, 2.24) is 0 Å². The Morgan fingerprint density at radius 1 is 1.50 bits per heavy atom. The molecule has 0 atom stereocenters. The number of Topliss-reactive ketones (excluding diaryl/α,β-unsaturated/α-hetero) is 1. The summed E-state index contributed by atoms with van der Waals surface area (Å²) in [5.41, 5.74) is 0.0126. The molecule has 2 aromatic heterocycles. The minimum absolute atomic E-state index is 0.0126. The summed E-state index contributed by atoms with van der Waals surface area (Å²) in [7, 11) is 0. The molecule has 7 heteroatoms. The van der Waals surface area contributed by atoms with E-state index >= 15 is 0 Å². The summed E-state index contributed by atoms with van der Waals surface area (Å²) in [6.07, 6.45) is 0. The first kappa shape index (κ1) is 14.7. The number of nitro groups is 1. The van der Waals surface area contributed by atoms with Crippen LogP contribution in [0.1, 0.15) is 28.4 Å². The number of carbonyl (C=O) groups excluding carboxylic acids is 1. The maximum Gasteiger partial charge on any atom is 0.304 e. The second-order valence-electron chi connectivity index (χ2n) is 4.21. The third-order valence-corrected chi connectivity index (χ3v) is 4.98. The van der Waals surface area contributed by atoms with Gasteiger partial charge in [0, 0.05) is 17.5 Å². The number of hydrogen-bond donors (Lipinski definition) is 0. The van der Waals surface area contributed by atoms with Gasteiger partial charge in [-0.25, -0.2) is 0 Å². The fourth-order valence-electron chi connectivity index (χ4n) is 1.82. The molecule has 0 radical (unpaired) electrons. The van der Waals surface area contributed by atoms with Gasteiger partial charge in [0.2, 0.25) is 0 Å². The van der Waals surface area contributed by atoms with E-state index < -0.39 is 4.92 Å². The summed E-state index contributed by atoms with van der Waals surface area (Å²) in [6.45, 7) is 4.64. The van der Waals surface area contributed by atoms with E-state index in [0.717, 1.165) is 4.88 Å². The highest BCUT2D eigenvalue weighted by Gasteiger charge is 2.25. The molecule has 0 spiro atoms. The molecule has 0 aromatic carbocycles. The second-order valence-corrected chi connectivity index (χ2v) is 6.27. The van der Waals surface area contributed by atoms with Gasteiger partial charge in [0.15, 0.2) is 10.8 Å². The number of rotatable bonds is 6. The van der Waals surface area contributed by atoms with Crippen LogP contribution in [0.2, 0.25) is 0 Å². The average molecular weight is 310 g/mol. The lowest BCUT2D eigenvalue weighted by atomic mass is 10.3. The fourth-order valence-corrected chi connectivity index (χ4v) is 3.62. The van der Waals surface area contributed by atoms with E-state index in [4.69, 9.17) is 0 Å². The van der Waals surface area contributed by atoms with Crippen LogP contribution in [0.4, 0.5) is 10.7 Å². The van der Waals surface area contributed by atoms with Crippen molar-refractivity contribution in [3.05, 3.63) is 43.4 Å². The summed E-state index contributed by atoms with van der Waals surface area (Å²) in [6, 6.07) is 5.33. The van der Waals surface area contributed by atoms with Gasteiger partial charge in [-0.05, 0) is 25.3 Å². The van der Waals surface area contributed by atoms with Crippen molar-refractivity contribution in [3.63, 3.8) is 0 Å². The van der Waals surface area contributed by atoms with Crippen LogP contribution in [0.25, 0.3) is 0 Å². The Bertz CT molecular complexity index is 620. The Morgan fingerprint density at radius 2 is 2.25 bits per heavy atom. The van der Waals surface area contributed by atoms with Crippen LogP contribution in [-0.2, 0) is 6.54 Å². The lowest BCUT2D eigenvalue weighted by Gasteiger charge is -2.19. The number of thiophene rings is 2. The van der Waals surface area contributed by atoms with Crippen LogP contribution in [0.5, 0.6) is 0 Å². The minimum atomic E-state index is -0.421. The van der Waals surface area contributed by atoms with Crippen LogP contribution in [-0.4, -0.2) is 17.3 Å². The summed E-state index contributed by atoms with van der Waals surface area (Å²) in [5.74, 6) is -0.142. The van der Waals surface area contributed by atoms with E-state index in [2.05, 4.69) is 0 Å². The maximum atomic E-state index is 11.4. The quantitative estimate of drug-likeness (QED) is 0.460. The third kappa shape index (κ3) is 3.05. The Labute approximate surface area is 124 Å². The monoisotopic (exact) mass is 310 g/mol. The van der Waals surface area contributed by atoms with Crippen molar-refractivity contribution in [2.75, 3.05) is 11.4 Å². The molecule has 5 nitrogen and oxygen atoms in total. The van der Waals surface area contributed by atoms with Crippen molar-refractivity contribution in [2.24, 2.45) is 0 Å². The Morgan fingerprint density at radius 3 is 2.75 bits per heavy atom. The van der Waals surface area contributed by atoms with Gasteiger partial charge in [0.1, 0.15) is 0 Å². The summed E-state index contributed by atoms with van der Waals surface area (Å²) in [4.78, 5) is 25.7. The molecule has 0 saturated heterocycles. The van der Waals surface area contributed by atoms with Crippen molar-refractivity contribution in [2.45, 2.75) is 20.4 Å². The van der Waals surface area contributed by atoms with Gasteiger partial charge in [-0.2, -0.15) is 0 Å². The SMILES string of the molecule is CCN(Cc1cccs1)c1sc(C(C)=O)cc1[N+](=O)[O-]. The molecular weight excluding hydrogens is 296 g/mol. The average Bonchev–Trinajstić information content (AvgIpc) is 3.04. The molecule has 106 valence electrons. The first-order valence-electron chi connectivity index (χ1n) is 6.09. The lowest BCUT2D eigenvalue weighted by molar-refractivity contribution is -0.383. The molecule has 0 bridgehead atoms. The van der Waals surface area contributed by atoms with Crippen molar-refractivity contribution in [1.29, 1.82) is 0 Å². The number of nitrogens with zero attached hydrogens (tertiary/aromatic N) is 2. The summed E-state index contributed by atoms with van der Waals surface area (Å²) >= 11 is 2.80. The first-order chi connectivity index (χ1) is 9.52. The van der Waals surface area contributed by atoms with Gasteiger partial charge in [0.25, 0.3) is 0 Å². The van der Waals surface area contributed by atoms with Crippen LogP contribution >= 0.6 is 22.7 Å². The number of ketones is 1. The van der Waals surface area contributed by atoms with Crippen molar-refractivity contribution < 1.29 is 9.72 Å². The predicted octanol–water partition coefficient (Wildman–Crippen LogP) is 3.95. The van der Waals surface area contributed by atoms with Crippen LogP contribution in [0, 0.1) is 10.1 Å². The van der Waals surface area contributed by atoms with E-state index in [0.29, 0.717) is 23.0 Å². The van der Waals surface area contributed by atoms with Gasteiger partial charge in [-0.3, -0.25) is 14.9 Å². The van der Waals surface area contributed by atoms with Gasteiger partial charge in [0.05, 0.1) is 16.3 Å². The smallest absolute Gasteiger partial charge is 0.304 e. The molecule has 0 fully saturated rings. The van der Waals surface area contributed by atoms with Crippen molar-refractivity contribution in [3.8, 4) is 0 Å². The minimum Gasteiger partial charge on any atom is -0.353 e. The van der Waals surface area contributed by atoms with Crippen LogP contribution in [0.3, 0.4) is 0 Å². The number of hydrogen-bond acceptors (Lipinski definition) is 6. The Kier molecular flexibility index (Phi) is 4.51. The standard InChI is InChI=1S/C13H14N2O3S2/c1-3-14(8-10-5-4-6-19-10)13-11(15(17)18)7-12(20-13)9(2)16/h4-7H,3,8H2,1-2H3. The second kappa shape index (κ2) is 6.15. The van der Waals surface area contributed by atoms with Crippen LogP contribution in [0.15, 0.2) is 23.6 Å². The van der Waals surface area contributed by atoms with E-state index in [1.807, 2.05) is 29.3 Å². The molecule has 0 aliphatic carbocycles. The summed E-state index contributed by atoms with van der Waals surface area (Å²) < 4.78 is 0. The summed E-state index contributed by atoms with van der Waals surface area (Å²) in [5, 5.41) is 13.7.